The molecule has 308 valence electrons. The molecule has 0 radical (unpaired) electrons. The van der Waals surface area contributed by atoms with Crippen LogP contribution in [0, 0.1) is 6.92 Å². The number of nitrogens with two attached hydrogens (primary N) is 1. The van der Waals surface area contributed by atoms with Gasteiger partial charge in [-0.05, 0) is 123 Å². The van der Waals surface area contributed by atoms with E-state index in [1.165, 1.54) is 83.3 Å². The normalized spacial score (nSPS) is 10.2. The lowest BCUT2D eigenvalue weighted by atomic mass is 9.89. The van der Waals surface area contributed by atoms with Gasteiger partial charge in [0, 0.05) is 0 Å². The highest BCUT2D eigenvalue weighted by atomic mass is 14.5. The van der Waals surface area contributed by atoms with Crippen molar-refractivity contribution in [1.29, 1.82) is 0 Å². The average molecular weight is 774 g/mol. The van der Waals surface area contributed by atoms with Crippen LogP contribution in [0.5, 0.6) is 0 Å². The van der Waals surface area contributed by atoms with Crippen LogP contribution in [0.3, 0.4) is 0 Å². The Balaban J connectivity index is 0.00000226. The fraction of sp³-hybridized carbons (Fsp3) is 0.263. The summed E-state index contributed by atoms with van der Waals surface area (Å²) in [4.78, 5) is 0. The summed E-state index contributed by atoms with van der Waals surface area (Å²) in [5, 5.41) is 7.80. The molecule has 0 aliphatic heterocycles. The van der Waals surface area contributed by atoms with Crippen LogP contribution in [0.25, 0.3) is 60.1 Å². The molecule has 0 heterocycles. The Bertz CT molecular complexity index is 2160. The summed E-state index contributed by atoms with van der Waals surface area (Å²) in [5.41, 5.74) is 15.4. The highest BCUT2D eigenvalue weighted by Crippen LogP contribution is 2.38. The van der Waals surface area contributed by atoms with Crippen molar-refractivity contribution in [2.24, 2.45) is 5.73 Å². The van der Waals surface area contributed by atoms with Crippen LogP contribution >= 0.6 is 0 Å². The third kappa shape index (κ3) is 14.7. The van der Waals surface area contributed by atoms with E-state index in [1.807, 2.05) is 67.5 Å². The first-order chi connectivity index (χ1) is 28.5. The molecule has 0 aliphatic rings. The molecule has 0 atom stereocenters. The van der Waals surface area contributed by atoms with E-state index in [9.17, 15) is 0 Å². The summed E-state index contributed by atoms with van der Waals surface area (Å²) in [5.74, 6) is 0. The van der Waals surface area contributed by atoms with E-state index >= 15 is 0 Å². The van der Waals surface area contributed by atoms with Gasteiger partial charge in [0.05, 0.1) is 0 Å². The van der Waals surface area contributed by atoms with E-state index in [2.05, 4.69) is 187 Å². The van der Waals surface area contributed by atoms with Crippen LogP contribution in [-0.2, 0) is 0 Å². The molecule has 0 unspecified atom stereocenters. The van der Waals surface area contributed by atoms with Crippen LogP contribution in [0.1, 0.15) is 107 Å². The van der Waals surface area contributed by atoms with Gasteiger partial charge < -0.3 is 5.73 Å². The number of hydrogen-bond donors (Lipinski definition) is 1. The smallest absolute Gasteiger partial charge is 0.00625 e. The molecule has 0 spiro atoms. The van der Waals surface area contributed by atoms with Crippen LogP contribution in [-0.4, -0.2) is 0 Å². The van der Waals surface area contributed by atoms with Crippen molar-refractivity contribution in [3.63, 3.8) is 0 Å². The minimum absolute atomic E-state index is 0.869. The molecule has 1 heteroatoms. The highest BCUT2D eigenvalue weighted by molar-refractivity contribution is 6.25. The van der Waals surface area contributed by atoms with Crippen LogP contribution < -0.4 is 5.73 Å². The minimum Gasteiger partial charge on any atom is -0.405 e. The molecule has 1 nitrogen and oxygen atoms in total. The molecule has 0 amide bonds. The van der Waals surface area contributed by atoms with Crippen molar-refractivity contribution in [3.8, 4) is 22.3 Å². The van der Waals surface area contributed by atoms with Gasteiger partial charge in [0.1, 0.15) is 0 Å². The van der Waals surface area contributed by atoms with Gasteiger partial charge in [-0.2, -0.15) is 0 Å². The SMILES string of the molecule is C=C.CC.CC.CC.CC.CC(C)=C(/C=C\C=C\C/C=C\C=C/N)c1cccc(-c2cccc(-c3ccc4c5ccccc5c5ccccc5c4c3)c2)c1C.CCC. The van der Waals surface area contributed by atoms with Crippen molar-refractivity contribution in [3.05, 3.63) is 188 Å². The lowest BCUT2D eigenvalue weighted by Gasteiger charge is -2.15. The topological polar surface area (TPSA) is 26.0 Å². The molecular formula is C57H75N. The standard InChI is InChI=1S/C44H39N.C3H8.4C2H6.C2H4/c1-31(2)36(19-9-7-5-4-6-8-14-28-45)38-25-16-24-37(32(38)3)35-18-15-17-33(29-35)34-26-27-43-41-22-11-10-20-39(41)40-21-12-13-23-42(40)44(43)30-34;1-3-2;5*1-2/h5-30H,4,45H2,1-3H3;3H2,1-2H3;4*1-2H3;1-2H2/b7-5+,8-6-,19-9-,28-14-;;;;;;. The second kappa shape index (κ2) is 31.4. The maximum Gasteiger partial charge on any atom is -0.00625 e. The monoisotopic (exact) mass is 774 g/mol. The summed E-state index contributed by atoms with van der Waals surface area (Å²) < 4.78 is 0. The molecule has 6 aromatic carbocycles. The lowest BCUT2D eigenvalue weighted by molar-refractivity contribution is 1.09. The average Bonchev–Trinajstić information content (AvgIpc) is 3.30. The zero-order chi connectivity index (χ0) is 43.9. The summed E-state index contributed by atoms with van der Waals surface area (Å²) in [7, 11) is 0. The Morgan fingerprint density at radius 1 is 0.517 bits per heavy atom. The first-order valence-electron chi connectivity index (χ1n) is 21.6. The third-order valence-electron chi connectivity index (χ3n) is 8.55. The van der Waals surface area contributed by atoms with Gasteiger partial charge in [-0.25, -0.2) is 0 Å². The van der Waals surface area contributed by atoms with Crippen molar-refractivity contribution in [1.82, 2.24) is 0 Å². The summed E-state index contributed by atoms with van der Waals surface area (Å²) >= 11 is 0. The number of rotatable bonds is 8. The van der Waals surface area contributed by atoms with Crippen molar-refractivity contribution >= 4 is 37.9 Å². The molecule has 2 N–H and O–H groups in total. The first-order valence-corrected chi connectivity index (χ1v) is 21.6. The van der Waals surface area contributed by atoms with Crippen LogP contribution in [0.15, 0.2) is 177 Å². The maximum absolute atomic E-state index is 5.39. The number of allylic oxidation sites excluding steroid dienone is 9. The summed E-state index contributed by atoms with van der Waals surface area (Å²) in [6.45, 7) is 32.9. The first kappa shape index (κ1) is 52.3. The zero-order valence-electron chi connectivity index (χ0n) is 38.4. The fourth-order valence-corrected chi connectivity index (χ4v) is 6.33. The number of hydrogen-bond acceptors (Lipinski definition) is 1. The van der Waals surface area contributed by atoms with E-state index in [-0.39, 0.29) is 0 Å². The predicted octanol–water partition coefficient (Wildman–Crippen LogP) is 18.4. The van der Waals surface area contributed by atoms with E-state index < -0.39 is 0 Å². The quantitative estimate of drug-likeness (QED) is 0.0930. The Hall–Kier alpha value is -5.66. The molecule has 0 bridgehead atoms. The van der Waals surface area contributed by atoms with E-state index in [0.29, 0.717) is 0 Å². The van der Waals surface area contributed by atoms with Gasteiger partial charge in [0.25, 0.3) is 0 Å². The number of fused-ring (bicyclic) bond motifs is 6. The van der Waals surface area contributed by atoms with E-state index in [0.717, 1.165) is 6.42 Å². The minimum atomic E-state index is 0.869. The van der Waals surface area contributed by atoms with Crippen LogP contribution in [0.2, 0.25) is 0 Å². The van der Waals surface area contributed by atoms with Gasteiger partial charge in [-0.1, -0.05) is 215 Å². The molecular weight excluding hydrogens is 699 g/mol. The molecule has 58 heavy (non-hydrogen) atoms. The second-order valence-corrected chi connectivity index (χ2v) is 12.4. The zero-order valence-corrected chi connectivity index (χ0v) is 38.4. The Morgan fingerprint density at radius 2 is 0.966 bits per heavy atom. The molecule has 6 rings (SSSR count). The highest BCUT2D eigenvalue weighted by Gasteiger charge is 2.12. The van der Waals surface area contributed by atoms with Gasteiger partial charge in [0.15, 0.2) is 0 Å². The van der Waals surface area contributed by atoms with Gasteiger partial charge >= 0.3 is 0 Å². The molecule has 0 fully saturated rings. The van der Waals surface area contributed by atoms with Crippen molar-refractivity contribution in [2.45, 2.75) is 103 Å². The number of benzene rings is 6. The van der Waals surface area contributed by atoms with E-state index in [1.54, 1.807) is 6.20 Å². The molecule has 0 saturated carbocycles. The molecule has 0 saturated heterocycles. The molecule has 0 aromatic heterocycles. The predicted molar refractivity (Wildman–Crippen MR) is 271 cm³/mol. The lowest BCUT2D eigenvalue weighted by Crippen LogP contribution is -1.93. The van der Waals surface area contributed by atoms with Crippen LogP contribution in [0.4, 0.5) is 0 Å². The summed E-state index contributed by atoms with van der Waals surface area (Å²) in [6.07, 6.45) is 18.2. The van der Waals surface area contributed by atoms with E-state index in [4.69, 9.17) is 5.73 Å². The maximum atomic E-state index is 5.39. The van der Waals surface area contributed by atoms with Gasteiger partial charge in [-0.15, -0.1) is 13.2 Å². The Morgan fingerprint density at radius 3 is 1.48 bits per heavy atom. The second-order valence-electron chi connectivity index (χ2n) is 12.4. The third-order valence-corrected chi connectivity index (χ3v) is 8.55. The fourth-order valence-electron chi connectivity index (χ4n) is 6.33. The van der Waals surface area contributed by atoms with Gasteiger partial charge in [0.2, 0.25) is 0 Å². The molecule has 0 aliphatic carbocycles. The van der Waals surface area contributed by atoms with Crippen molar-refractivity contribution in [2.75, 3.05) is 0 Å². The summed E-state index contributed by atoms with van der Waals surface area (Å²) in [6, 6.07) is 40.1. The Labute approximate surface area is 355 Å². The Kier molecular flexibility index (Phi) is 28.4. The van der Waals surface area contributed by atoms with Crippen molar-refractivity contribution < 1.29 is 0 Å². The largest absolute Gasteiger partial charge is 0.405 e. The molecule has 6 aromatic rings. The van der Waals surface area contributed by atoms with Gasteiger partial charge in [-0.3, -0.25) is 0 Å².